The SMILES string of the molecule is CCCNc1nc(-c2cccc(C)c2C)nc(C)c1F. The van der Waals surface area contributed by atoms with Crippen molar-refractivity contribution in [3.8, 4) is 11.4 Å². The Morgan fingerprint density at radius 2 is 1.90 bits per heavy atom. The van der Waals surface area contributed by atoms with Crippen molar-refractivity contribution in [2.24, 2.45) is 0 Å². The second-order valence-corrected chi connectivity index (χ2v) is 4.97. The quantitative estimate of drug-likeness (QED) is 0.914. The number of benzene rings is 1. The highest BCUT2D eigenvalue weighted by atomic mass is 19.1. The Balaban J connectivity index is 2.52. The van der Waals surface area contributed by atoms with Gasteiger partial charge in [0.05, 0.1) is 5.69 Å². The number of anilines is 1. The van der Waals surface area contributed by atoms with Crippen LogP contribution in [0.3, 0.4) is 0 Å². The number of aryl methyl sites for hydroxylation is 2. The van der Waals surface area contributed by atoms with E-state index in [-0.39, 0.29) is 11.6 Å². The fourth-order valence-corrected chi connectivity index (χ4v) is 2.03. The lowest BCUT2D eigenvalue weighted by Crippen LogP contribution is -2.08. The minimum Gasteiger partial charge on any atom is -0.368 e. The Hall–Kier alpha value is -1.97. The Morgan fingerprint density at radius 3 is 2.60 bits per heavy atom. The van der Waals surface area contributed by atoms with Crippen LogP contribution in [0.4, 0.5) is 10.2 Å². The molecular weight excluding hydrogens is 253 g/mol. The third-order valence-corrected chi connectivity index (χ3v) is 3.40. The van der Waals surface area contributed by atoms with E-state index in [0.29, 0.717) is 18.1 Å². The van der Waals surface area contributed by atoms with Crippen molar-refractivity contribution in [1.82, 2.24) is 9.97 Å². The topological polar surface area (TPSA) is 37.8 Å². The fourth-order valence-electron chi connectivity index (χ4n) is 2.03. The first-order chi connectivity index (χ1) is 9.54. The van der Waals surface area contributed by atoms with Crippen molar-refractivity contribution in [3.05, 3.63) is 40.8 Å². The predicted octanol–water partition coefficient (Wildman–Crippen LogP) is 4.03. The summed E-state index contributed by atoms with van der Waals surface area (Å²) in [4.78, 5) is 8.63. The second kappa shape index (κ2) is 5.99. The van der Waals surface area contributed by atoms with E-state index < -0.39 is 0 Å². The molecule has 1 aromatic carbocycles. The summed E-state index contributed by atoms with van der Waals surface area (Å²) in [6, 6.07) is 5.99. The third-order valence-electron chi connectivity index (χ3n) is 3.40. The molecule has 0 unspecified atom stereocenters. The van der Waals surface area contributed by atoms with Crippen LogP contribution in [0.1, 0.15) is 30.2 Å². The average molecular weight is 273 g/mol. The van der Waals surface area contributed by atoms with Gasteiger partial charge >= 0.3 is 0 Å². The second-order valence-electron chi connectivity index (χ2n) is 4.97. The maximum Gasteiger partial charge on any atom is 0.186 e. The minimum atomic E-state index is -0.368. The van der Waals surface area contributed by atoms with Crippen molar-refractivity contribution in [2.45, 2.75) is 34.1 Å². The van der Waals surface area contributed by atoms with Crippen LogP contribution >= 0.6 is 0 Å². The molecule has 0 radical (unpaired) electrons. The molecule has 0 fully saturated rings. The summed E-state index contributed by atoms with van der Waals surface area (Å²) in [5.74, 6) is 0.492. The number of hydrogen-bond donors (Lipinski definition) is 1. The maximum atomic E-state index is 14.0. The lowest BCUT2D eigenvalue weighted by Gasteiger charge is -2.12. The van der Waals surface area contributed by atoms with Gasteiger partial charge in [0.2, 0.25) is 0 Å². The highest BCUT2D eigenvalue weighted by molar-refractivity contribution is 5.63. The van der Waals surface area contributed by atoms with Gasteiger partial charge in [-0.2, -0.15) is 0 Å². The van der Waals surface area contributed by atoms with Crippen molar-refractivity contribution >= 4 is 5.82 Å². The van der Waals surface area contributed by atoms with Crippen LogP contribution in [0.5, 0.6) is 0 Å². The molecule has 2 rings (SSSR count). The molecule has 0 aliphatic rings. The Labute approximate surface area is 119 Å². The van der Waals surface area contributed by atoms with Gasteiger partial charge < -0.3 is 5.32 Å². The van der Waals surface area contributed by atoms with Crippen LogP contribution in [-0.4, -0.2) is 16.5 Å². The largest absolute Gasteiger partial charge is 0.368 e. The minimum absolute atomic E-state index is 0.287. The highest BCUT2D eigenvalue weighted by Crippen LogP contribution is 2.25. The fraction of sp³-hybridized carbons (Fsp3) is 0.375. The zero-order valence-electron chi connectivity index (χ0n) is 12.4. The average Bonchev–Trinajstić information content (AvgIpc) is 2.43. The lowest BCUT2D eigenvalue weighted by atomic mass is 10.0. The molecule has 0 amide bonds. The molecule has 2 aromatic rings. The molecule has 0 saturated carbocycles. The Bertz CT molecular complexity index is 623. The molecular formula is C16H20FN3. The third kappa shape index (κ3) is 2.79. The first-order valence-electron chi connectivity index (χ1n) is 6.89. The van der Waals surface area contributed by atoms with E-state index in [0.717, 1.165) is 17.5 Å². The van der Waals surface area contributed by atoms with Gasteiger partial charge in [0, 0.05) is 12.1 Å². The summed E-state index contributed by atoms with van der Waals surface area (Å²) in [7, 11) is 0. The molecule has 1 heterocycles. The highest BCUT2D eigenvalue weighted by Gasteiger charge is 2.14. The van der Waals surface area contributed by atoms with Gasteiger partial charge in [0.15, 0.2) is 17.5 Å². The number of hydrogen-bond acceptors (Lipinski definition) is 3. The Kier molecular flexibility index (Phi) is 4.32. The van der Waals surface area contributed by atoms with Gasteiger partial charge in [-0.25, -0.2) is 14.4 Å². The van der Waals surface area contributed by atoms with E-state index in [2.05, 4.69) is 15.3 Å². The molecule has 20 heavy (non-hydrogen) atoms. The summed E-state index contributed by atoms with van der Waals surface area (Å²) in [6.45, 7) is 8.48. The van der Waals surface area contributed by atoms with E-state index in [1.165, 1.54) is 5.56 Å². The number of rotatable bonds is 4. The summed E-state index contributed by atoms with van der Waals surface area (Å²) < 4.78 is 14.0. The van der Waals surface area contributed by atoms with Crippen LogP contribution in [0, 0.1) is 26.6 Å². The van der Waals surface area contributed by atoms with Gasteiger partial charge in [-0.3, -0.25) is 0 Å². The van der Waals surface area contributed by atoms with Gasteiger partial charge in [-0.05, 0) is 38.3 Å². The molecule has 106 valence electrons. The van der Waals surface area contributed by atoms with Gasteiger partial charge in [-0.15, -0.1) is 0 Å². The van der Waals surface area contributed by atoms with Crippen LogP contribution in [0.25, 0.3) is 11.4 Å². The molecule has 0 spiro atoms. The molecule has 0 aliphatic carbocycles. The Morgan fingerprint density at radius 1 is 1.15 bits per heavy atom. The monoisotopic (exact) mass is 273 g/mol. The van der Waals surface area contributed by atoms with Crippen LogP contribution in [-0.2, 0) is 0 Å². The molecule has 0 saturated heterocycles. The van der Waals surface area contributed by atoms with Crippen molar-refractivity contribution < 1.29 is 4.39 Å². The lowest BCUT2D eigenvalue weighted by molar-refractivity contribution is 0.605. The van der Waals surface area contributed by atoms with Gasteiger partial charge in [0.1, 0.15) is 0 Å². The van der Waals surface area contributed by atoms with E-state index in [1.54, 1.807) is 6.92 Å². The predicted molar refractivity (Wildman–Crippen MR) is 80.4 cm³/mol. The number of nitrogens with zero attached hydrogens (tertiary/aromatic N) is 2. The van der Waals surface area contributed by atoms with E-state index >= 15 is 0 Å². The van der Waals surface area contributed by atoms with E-state index in [9.17, 15) is 4.39 Å². The molecule has 0 atom stereocenters. The number of nitrogens with one attached hydrogen (secondary N) is 1. The smallest absolute Gasteiger partial charge is 0.186 e. The molecule has 0 bridgehead atoms. The van der Waals surface area contributed by atoms with Crippen molar-refractivity contribution in [2.75, 3.05) is 11.9 Å². The number of halogens is 1. The van der Waals surface area contributed by atoms with Crippen LogP contribution in [0.2, 0.25) is 0 Å². The standard InChI is InChI=1S/C16H20FN3/c1-5-9-18-16-14(17)12(4)19-15(20-16)13-8-6-7-10(2)11(13)3/h6-8H,5,9H2,1-4H3,(H,18,19,20). The molecule has 1 N–H and O–H groups in total. The molecule has 4 heteroatoms. The summed E-state index contributed by atoms with van der Waals surface area (Å²) in [5, 5.41) is 3.02. The van der Waals surface area contributed by atoms with Crippen LogP contribution < -0.4 is 5.32 Å². The molecule has 1 aromatic heterocycles. The molecule has 3 nitrogen and oxygen atoms in total. The van der Waals surface area contributed by atoms with Crippen LogP contribution in [0.15, 0.2) is 18.2 Å². The summed E-state index contributed by atoms with van der Waals surface area (Å²) in [5.41, 5.74) is 3.62. The first kappa shape index (κ1) is 14.4. The van der Waals surface area contributed by atoms with Gasteiger partial charge in [0.25, 0.3) is 0 Å². The first-order valence-corrected chi connectivity index (χ1v) is 6.89. The van der Waals surface area contributed by atoms with Crippen molar-refractivity contribution in [1.29, 1.82) is 0 Å². The summed E-state index contributed by atoms with van der Waals surface area (Å²) in [6.07, 6.45) is 0.918. The maximum absolute atomic E-state index is 14.0. The zero-order chi connectivity index (χ0) is 14.7. The number of aromatic nitrogens is 2. The molecule has 0 aliphatic heterocycles. The van der Waals surface area contributed by atoms with E-state index in [1.807, 2.05) is 39.0 Å². The summed E-state index contributed by atoms with van der Waals surface area (Å²) >= 11 is 0. The normalized spacial score (nSPS) is 10.7. The van der Waals surface area contributed by atoms with Crippen molar-refractivity contribution in [3.63, 3.8) is 0 Å². The van der Waals surface area contributed by atoms with E-state index in [4.69, 9.17) is 0 Å². The van der Waals surface area contributed by atoms with Gasteiger partial charge in [-0.1, -0.05) is 25.1 Å². The zero-order valence-corrected chi connectivity index (χ0v) is 12.4.